The van der Waals surface area contributed by atoms with Crippen LogP contribution < -0.4 is 14.9 Å². The topological polar surface area (TPSA) is 79.3 Å². The number of pyridine rings is 1. The van der Waals surface area contributed by atoms with Gasteiger partial charge in [0.25, 0.3) is 0 Å². The maximum Gasteiger partial charge on any atom is 0.229 e. The smallest absolute Gasteiger partial charge is 0.229 e. The van der Waals surface area contributed by atoms with Crippen molar-refractivity contribution in [2.24, 2.45) is 0 Å². The normalized spacial score (nSPS) is 17.4. The largest absolute Gasteiger partial charge is 0.351 e. The maximum atomic E-state index is 11.7. The van der Waals surface area contributed by atoms with Crippen molar-refractivity contribution >= 4 is 38.7 Å². The summed E-state index contributed by atoms with van der Waals surface area (Å²) in [5.41, 5.74) is 10.6. The summed E-state index contributed by atoms with van der Waals surface area (Å²) in [5, 5.41) is 4.11. The Morgan fingerprint density at radius 3 is 2.21 bits per heavy atom. The Labute approximate surface area is 235 Å². The summed E-state index contributed by atoms with van der Waals surface area (Å²) < 4.78 is 28.3. The molecule has 9 heteroatoms. The van der Waals surface area contributed by atoms with Crippen LogP contribution >= 0.6 is 12.2 Å². The van der Waals surface area contributed by atoms with Gasteiger partial charge in [-0.15, -0.1) is 0 Å². The number of aromatic nitrogens is 2. The molecule has 1 aliphatic rings. The van der Waals surface area contributed by atoms with Crippen LogP contribution in [0.1, 0.15) is 51.4 Å². The second-order valence-electron chi connectivity index (χ2n) is 10.3. The summed E-state index contributed by atoms with van der Waals surface area (Å²) in [6.45, 7) is 10.8. The standard InChI is InChI=1S/C30H33N5O2S2/c1-18-15-19(2)28(20(3)16-18)34-21(4)17-25(22(34)5)29-27(26-9-7-8-14-31-26)32-30(38)35(29)24-12-10-23(11-13-24)33-39(6,36)37/h7-17,27,29,33H,1-6H3,(H,32,38)/t27-,29+/m1/s1. The Kier molecular flexibility index (Phi) is 6.99. The molecule has 0 spiro atoms. The Bertz CT molecular complexity index is 1640. The quantitative estimate of drug-likeness (QED) is 0.284. The van der Waals surface area contributed by atoms with Gasteiger partial charge in [-0.3, -0.25) is 9.71 Å². The van der Waals surface area contributed by atoms with Crippen LogP contribution in [0.5, 0.6) is 0 Å². The lowest BCUT2D eigenvalue weighted by Gasteiger charge is -2.28. The molecule has 5 rings (SSSR count). The van der Waals surface area contributed by atoms with E-state index in [4.69, 9.17) is 12.2 Å². The lowest BCUT2D eigenvalue weighted by atomic mass is 9.96. The number of rotatable bonds is 6. The van der Waals surface area contributed by atoms with Gasteiger partial charge in [0.1, 0.15) is 0 Å². The van der Waals surface area contributed by atoms with Gasteiger partial charge in [0.2, 0.25) is 10.0 Å². The van der Waals surface area contributed by atoms with Gasteiger partial charge in [-0.1, -0.05) is 23.8 Å². The number of sulfonamides is 1. The number of thiocarbonyl (C=S) groups is 1. The summed E-state index contributed by atoms with van der Waals surface area (Å²) in [5.74, 6) is 0. The molecule has 2 aromatic heterocycles. The van der Waals surface area contributed by atoms with E-state index < -0.39 is 10.0 Å². The van der Waals surface area contributed by atoms with E-state index in [9.17, 15) is 8.42 Å². The fourth-order valence-corrected chi connectivity index (χ4v) is 6.72. The number of hydrogen-bond acceptors (Lipinski definition) is 4. The number of benzene rings is 2. The van der Waals surface area contributed by atoms with Crippen molar-refractivity contribution in [3.63, 3.8) is 0 Å². The van der Waals surface area contributed by atoms with E-state index in [0.29, 0.717) is 10.8 Å². The predicted octanol–water partition coefficient (Wildman–Crippen LogP) is 5.96. The number of hydrogen-bond donors (Lipinski definition) is 2. The summed E-state index contributed by atoms with van der Waals surface area (Å²) in [6.07, 6.45) is 2.94. The molecule has 3 heterocycles. The molecule has 1 aliphatic heterocycles. The fourth-order valence-electron chi connectivity index (χ4n) is 5.81. The van der Waals surface area contributed by atoms with E-state index in [1.807, 2.05) is 30.3 Å². The van der Waals surface area contributed by atoms with Gasteiger partial charge >= 0.3 is 0 Å². The van der Waals surface area contributed by atoms with Crippen LogP contribution in [-0.4, -0.2) is 29.3 Å². The van der Waals surface area contributed by atoms with Crippen LogP contribution in [0.4, 0.5) is 11.4 Å². The molecule has 1 fully saturated rings. The van der Waals surface area contributed by atoms with E-state index in [1.54, 1.807) is 18.3 Å². The van der Waals surface area contributed by atoms with Crippen molar-refractivity contribution in [3.8, 4) is 5.69 Å². The fraction of sp³-hybridized carbons (Fsp3) is 0.267. The summed E-state index contributed by atoms with van der Waals surface area (Å²) in [6, 6.07) is 19.6. The minimum absolute atomic E-state index is 0.174. The SMILES string of the molecule is Cc1cc(C)c(-n2c(C)cc([C@H]3[C@@H](c4ccccn4)NC(=S)N3c3ccc(NS(C)(=O)=O)cc3)c2C)c(C)c1. The second kappa shape index (κ2) is 10.1. The highest BCUT2D eigenvalue weighted by atomic mass is 32.2. The summed E-state index contributed by atoms with van der Waals surface area (Å²) >= 11 is 5.90. The lowest BCUT2D eigenvalue weighted by molar-refractivity contribution is 0.565. The highest BCUT2D eigenvalue weighted by Gasteiger charge is 2.42. The molecule has 4 aromatic rings. The first-order valence-electron chi connectivity index (χ1n) is 12.8. The van der Waals surface area contributed by atoms with Gasteiger partial charge in [-0.25, -0.2) is 8.42 Å². The second-order valence-corrected chi connectivity index (χ2v) is 12.5. The number of nitrogens with one attached hydrogen (secondary N) is 2. The first kappa shape index (κ1) is 26.9. The Morgan fingerprint density at radius 1 is 0.949 bits per heavy atom. The highest BCUT2D eigenvalue weighted by Crippen LogP contribution is 2.44. The number of aryl methyl sites for hydroxylation is 4. The van der Waals surface area contributed by atoms with Crippen molar-refractivity contribution in [2.75, 3.05) is 15.9 Å². The van der Waals surface area contributed by atoms with Crippen LogP contribution in [0.25, 0.3) is 5.69 Å². The third kappa shape index (κ3) is 5.16. The van der Waals surface area contributed by atoms with Gasteiger partial charge in [0.15, 0.2) is 5.11 Å². The number of anilines is 2. The van der Waals surface area contributed by atoms with E-state index in [2.05, 4.69) is 77.3 Å². The first-order chi connectivity index (χ1) is 18.4. The molecule has 202 valence electrons. The van der Waals surface area contributed by atoms with Crippen molar-refractivity contribution in [3.05, 3.63) is 106 Å². The van der Waals surface area contributed by atoms with Crippen LogP contribution in [-0.2, 0) is 10.0 Å². The molecule has 2 aromatic carbocycles. The van der Waals surface area contributed by atoms with Gasteiger partial charge in [0.05, 0.1) is 29.7 Å². The van der Waals surface area contributed by atoms with E-state index in [1.165, 1.54) is 22.4 Å². The van der Waals surface area contributed by atoms with E-state index in [0.717, 1.165) is 34.6 Å². The molecule has 39 heavy (non-hydrogen) atoms. The maximum absolute atomic E-state index is 11.7. The Balaban J connectivity index is 1.66. The van der Waals surface area contributed by atoms with Crippen molar-refractivity contribution in [1.29, 1.82) is 0 Å². The zero-order valence-electron chi connectivity index (χ0n) is 23.0. The summed E-state index contributed by atoms with van der Waals surface area (Å²) in [4.78, 5) is 6.79. The van der Waals surface area contributed by atoms with Gasteiger partial charge in [-0.05, 0) is 106 Å². The molecule has 0 unspecified atom stereocenters. The molecule has 0 amide bonds. The average Bonchev–Trinajstić information content (AvgIpc) is 3.34. The van der Waals surface area contributed by atoms with E-state index >= 15 is 0 Å². The third-order valence-corrected chi connectivity index (χ3v) is 8.12. The highest BCUT2D eigenvalue weighted by molar-refractivity contribution is 7.92. The molecule has 0 aliphatic carbocycles. The van der Waals surface area contributed by atoms with Crippen LogP contribution in [0, 0.1) is 34.6 Å². The molecule has 2 atom stereocenters. The molecule has 0 saturated carbocycles. The molecule has 2 N–H and O–H groups in total. The van der Waals surface area contributed by atoms with Crippen molar-refractivity contribution in [1.82, 2.24) is 14.9 Å². The molecule has 0 bridgehead atoms. The van der Waals surface area contributed by atoms with Crippen molar-refractivity contribution < 1.29 is 8.42 Å². The molecule has 7 nitrogen and oxygen atoms in total. The molecular weight excluding hydrogens is 526 g/mol. The van der Waals surface area contributed by atoms with Gasteiger partial charge < -0.3 is 14.8 Å². The van der Waals surface area contributed by atoms with E-state index in [-0.39, 0.29) is 12.1 Å². The minimum atomic E-state index is -3.38. The monoisotopic (exact) mass is 559 g/mol. The van der Waals surface area contributed by atoms with Crippen LogP contribution in [0.15, 0.2) is 66.9 Å². The zero-order valence-corrected chi connectivity index (χ0v) is 24.6. The molecule has 0 radical (unpaired) electrons. The Morgan fingerprint density at radius 2 is 1.62 bits per heavy atom. The predicted molar refractivity (Wildman–Crippen MR) is 162 cm³/mol. The summed E-state index contributed by atoms with van der Waals surface area (Å²) in [7, 11) is -3.38. The Hall–Kier alpha value is -3.69. The minimum Gasteiger partial charge on any atom is -0.351 e. The first-order valence-corrected chi connectivity index (χ1v) is 15.1. The van der Waals surface area contributed by atoms with Gasteiger partial charge in [-0.2, -0.15) is 0 Å². The number of nitrogens with zero attached hydrogens (tertiary/aromatic N) is 3. The van der Waals surface area contributed by atoms with Crippen LogP contribution in [0.2, 0.25) is 0 Å². The lowest BCUT2D eigenvalue weighted by Crippen LogP contribution is -2.29. The average molecular weight is 560 g/mol. The molecule has 1 saturated heterocycles. The zero-order chi connectivity index (χ0) is 28.1. The van der Waals surface area contributed by atoms with Gasteiger partial charge in [0, 0.05) is 29.0 Å². The third-order valence-electron chi connectivity index (χ3n) is 7.19. The van der Waals surface area contributed by atoms with Crippen LogP contribution in [0.3, 0.4) is 0 Å². The molecular formula is C30H33N5O2S2. The van der Waals surface area contributed by atoms with Crippen molar-refractivity contribution in [2.45, 2.75) is 46.7 Å².